The number of aliphatic carboxylic acids is 1. The molecule has 0 heterocycles. The zero-order chi connectivity index (χ0) is 11.4. The van der Waals surface area contributed by atoms with Crippen LogP contribution < -0.4 is 4.74 Å². The Morgan fingerprint density at radius 3 is 2.67 bits per heavy atom. The first-order valence-corrected chi connectivity index (χ1v) is 4.33. The number of phenols is 1. The molecule has 80 valence electrons. The maximum atomic E-state index is 10.3. The van der Waals surface area contributed by atoms with E-state index < -0.39 is 5.97 Å². The van der Waals surface area contributed by atoms with E-state index in [9.17, 15) is 9.90 Å². The van der Waals surface area contributed by atoms with Gasteiger partial charge in [0, 0.05) is 6.08 Å². The van der Waals surface area contributed by atoms with E-state index in [-0.39, 0.29) is 5.75 Å². The summed E-state index contributed by atoms with van der Waals surface area (Å²) in [4.78, 5) is 10.3. The second kappa shape index (κ2) is 4.50. The molecule has 1 rings (SSSR count). The first-order valence-electron chi connectivity index (χ1n) is 4.33. The number of aryl methyl sites for hydroxylation is 1. The Hall–Kier alpha value is -1.97. The predicted octanol–water partition coefficient (Wildman–Crippen LogP) is 1.81. The van der Waals surface area contributed by atoms with Crippen LogP contribution in [0.2, 0.25) is 0 Å². The van der Waals surface area contributed by atoms with Crippen molar-refractivity contribution >= 4 is 12.0 Å². The molecule has 4 heteroatoms. The molecule has 15 heavy (non-hydrogen) atoms. The number of aromatic hydroxyl groups is 1. The number of methoxy groups -OCH3 is 1. The van der Waals surface area contributed by atoms with Gasteiger partial charge in [0.15, 0.2) is 11.5 Å². The Morgan fingerprint density at radius 2 is 2.13 bits per heavy atom. The van der Waals surface area contributed by atoms with E-state index in [2.05, 4.69) is 0 Å². The molecule has 0 saturated heterocycles. The smallest absolute Gasteiger partial charge is 0.328 e. The molecule has 0 fully saturated rings. The van der Waals surface area contributed by atoms with E-state index in [1.807, 2.05) is 0 Å². The van der Waals surface area contributed by atoms with Gasteiger partial charge >= 0.3 is 5.97 Å². The molecule has 0 saturated carbocycles. The molecule has 1 aromatic rings. The summed E-state index contributed by atoms with van der Waals surface area (Å²) in [5.41, 5.74) is 1.31. The first kappa shape index (κ1) is 11.1. The Kier molecular flexibility index (Phi) is 3.33. The summed E-state index contributed by atoms with van der Waals surface area (Å²) in [6.45, 7) is 1.72. The molecule has 2 N–H and O–H groups in total. The van der Waals surface area contributed by atoms with Crippen molar-refractivity contribution in [1.29, 1.82) is 0 Å². The van der Waals surface area contributed by atoms with Gasteiger partial charge in [0.25, 0.3) is 0 Å². The first-order chi connectivity index (χ1) is 7.04. The lowest BCUT2D eigenvalue weighted by Gasteiger charge is -2.07. The van der Waals surface area contributed by atoms with Gasteiger partial charge in [-0.2, -0.15) is 0 Å². The van der Waals surface area contributed by atoms with Crippen molar-refractivity contribution in [2.24, 2.45) is 0 Å². The molecule has 4 nitrogen and oxygen atoms in total. The maximum Gasteiger partial charge on any atom is 0.328 e. The zero-order valence-electron chi connectivity index (χ0n) is 8.52. The molecule has 0 aliphatic rings. The number of phenolic OH excluding ortho intramolecular Hbond substituents is 1. The molecule has 0 unspecified atom stereocenters. The zero-order valence-corrected chi connectivity index (χ0v) is 8.52. The van der Waals surface area contributed by atoms with Crippen LogP contribution in [-0.2, 0) is 4.79 Å². The van der Waals surface area contributed by atoms with Crippen LogP contribution in [0.1, 0.15) is 11.1 Å². The number of carboxylic acids is 1. The van der Waals surface area contributed by atoms with Crippen LogP contribution in [0.25, 0.3) is 6.08 Å². The van der Waals surface area contributed by atoms with Crippen molar-refractivity contribution in [2.45, 2.75) is 6.92 Å². The lowest BCUT2D eigenvalue weighted by molar-refractivity contribution is -0.131. The van der Waals surface area contributed by atoms with Gasteiger partial charge < -0.3 is 14.9 Å². The van der Waals surface area contributed by atoms with Gasteiger partial charge in [-0.3, -0.25) is 0 Å². The van der Waals surface area contributed by atoms with Gasteiger partial charge in [0.05, 0.1) is 7.11 Å². The highest BCUT2D eigenvalue weighted by atomic mass is 16.5. The van der Waals surface area contributed by atoms with Crippen molar-refractivity contribution < 1.29 is 19.7 Å². The van der Waals surface area contributed by atoms with Gasteiger partial charge in [-0.25, -0.2) is 4.79 Å². The minimum Gasteiger partial charge on any atom is -0.504 e. The number of hydrogen-bond acceptors (Lipinski definition) is 3. The highest BCUT2D eigenvalue weighted by molar-refractivity contribution is 5.85. The van der Waals surface area contributed by atoms with E-state index in [1.54, 1.807) is 19.1 Å². The Balaban J connectivity index is 3.11. The molecular formula is C11H12O4. The molecule has 0 aromatic heterocycles. The van der Waals surface area contributed by atoms with E-state index in [0.29, 0.717) is 16.9 Å². The third-order valence-corrected chi connectivity index (χ3v) is 1.93. The summed E-state index contributed by atoms with van der Waals surface area (Å²) in [7, 11) is 1.44. The molecule has 0 bridgehead atoms. The second-order valence-corrected chi connectivity index (χ2v) is 3.06. The number of benzene rings is 1. The van der Waals surface area contributed by atoms with Crippen molar-refractivity contribution in [3.8, 4) is 11.5 Å². The van der Waals surface area contributed by atoms with E-state index in [1.165, 1.54) is 13.2 Å². The Labute approximate surface area is 87.4 Å². The molecule has 0 aliphatic carbocycles. The average molecular weight is 208 g/mol. The topological polar surface area (TPSA) is 66.8 Å². The van der Waals surface area contributed by atoms with E-state index in [4.69, 9.17) is 9.84 Å². The second-order valence-electron chi connectivity index (χ2n) is 3.06. The van der Waals surface area contributed by atoms with Crippen LogP contribution in [0, 0.1) is 6.92 Å². The number of ether oxygens (including phenoxy) is 1. The quantitative estimate of drug-likeness (QED) is 0.743. The third kappa shape index (κ3) is 2.74. The molecule has 0 amide bonds. The number of hydrogen-bond donors (Lipinski definition) is 2. The molecule has 0 atom stereocenters. The fourth-order valence-electron chi connectivity index (χ4n) is 1.19. The maximum absolute atomic E-state index is 10.3. The predicted molar refractivity (Wildman–Crippen MR) is 56.1 cm³/mol. The van der Waals surface area contributed by atoms with Crippen LogP contribution in [-0.4, -0.2) is 23.3 Å². The van der Waals surface area contributed by atoms with Crippen molar-refractivity contribution in [3.63, 3.8) is 0 Å². The monoisotopic (exact) mass is 208 g/mol. The van der Waals surface area contributed by atoms with E-state index in [0.717, 1.165) is 6.08 Å². The molecule has 0 radical (unpaired) electrons. The summed E-state index contributed by atoms with van der Waals surface area (Å²) in [5.74, 6) is -0.607. The van der Waals surface area contributed by atoms with Crippen LogP contribution in [0.15, 0.2) is 18.2 Å². The minimum absolute atomic E-state index is 0.0741. The fraction of sp³-hybridized carbons (Fsp3) is 0.182. The Morgan fingerprint density at radius 1 is 1.47 bits per heavy atom. The van der Waals surface area contributed by atoms with Crippen LogP contribution in [0.4, 0.5) is 0 Å². The lowest BCUT2D eigenvalue weighted by atomic mass is 10.1. The van der Waals surface area contributed by atoms with Crippen molar-refractivity contribution in [2.75, 3.05) is 7.11 Å². The average Bonchev–Trinajstić information content (AvgIpc) is 2.19. The van der Waals surface area contributed by atoms with Gasteiger partial charge in [-0.05, 0) is 36.3 Å². The molecular weight excluding hydrogens is 196 g/mol. The number of carbonyl (C=O) groups is 1. The van der Waals surface area contributed by atoms with Crippen molar-refractivity contribution in [3.05, 3.63) is 29.3 Å². The minimum atomic E-state index is -1.01. The largest absolute Gasteiger partial charge is 0.504 e. The fourth-order valence-corrected chi connectivity index (χ4v) is 1.19. The summed E-state index contributed by atoms with van der Waals surface area (Å²) in [6, 6.07) is 3.25. The normalized spacial score (nSPS) is 10.5. The summed E-state index contributed by atoms with van der Waals surface area (Å²) in [6.07, 6.45) is 2.47. The third-order valence-electron chi connectivity index (χ3n) is 1.93. The highest BCUT2D eigenvalue weighted by Gasteiger charge is 2.05. The molecule has 0 aliphatic heterocycles. The van der Waals surface area contributed by atoms with Gasteiger partial charge in [0.1, 0.15) is 0 Å². The van der Waals surface area contributed by atoms with E-state index >= 15 is 0 Å². The molecule has 1 aromatic carbocycles. The van der Waals surface area contributed by atoms with Crippen LogP contribution >= 0.6 is 0 Å². The lowest BCUT2D eigenvalue weighted by Crippen LogP contribution is -1.89. The SMILES string of the molecule is COc1cc(/C=C/C(=O)O)cc(C)c1O. The Bertz CT molecular complexity index is 407. The van der Waals surface area contributed by atoms with Gasteiger partial charge in [-0.1, -0.05) is 0 Å². The van der Waals surface area contributed by atoms with Gasteiger partial charge in [-0.15, -0.1) is 0 Å². The molecule has 0 spiro atoms. The summed E-state index contributed by atoms with van der Waals surface area (Å²) < 4.78 is 4.94. The van der Waals surface area contributed by atoms with Crippen molar-refractivity contribution in [1.82, 2.24) is 0 Å². The highest BCUT2D eigenvalue weighted by Crippen LogP contribution is 2.31. The summed E-state index contributed by atoms with van der Waals surface area (Å²) in [5, 5.41) is 18.0. The van der Waals surface area contributed by atoms with Gasteiger partial charge in [0.2, 0.25) is 0 Å². The standard InChI is InChI=1S/C11H12O4/c1-7-5-8(3-4-10(12)13)6-9(15-2)11(7)14/h3-6,14H,1-2H3,(H,12,13)/b4-3+. The van der Waals surface area contributed by atoms with Crippen LogP contribution in [0.5, 0.6) is 11.5 Å². The number of carboxylic acid groups (broad SMARTS) is 1. The number of rotatable bonds is 3. The summed E-state index contributed by atoms with van der Waals surface area (Å²) >= 11 is 0. The van der Waals surface area contributed by atoms with Crippen LogP contribution in [0.3, 0.4) is 0 Å².